The number of rotatable bonds is 3. The van der Waals surface area contributed by atoms with Gasteiger partial charge in [0.15, 0.2) is 0 Å². The first kappa shape index (κ1) is 9.47. The number of nitrogens with zero attached hydrogens (tertiary/aromatic N) is 1. The summed E-state index contributed by atoms with van der Waals surface area (Å²) in [6, 6.07) is 0. The number of halogens is 1. The van der Waals surface area contributed by atoms with Gasteiger partial charge in [-0.1, -0.05) is 20.8 Å². The van der Waals surface area contributed by atoms with E-state index >= 15 is 0 Å². The molecule has 0 rings (SSSR count). The highest BCUT2D eigenvalue weighted by atomic mass is 19.2. The van der Waals surface area contributed by atoms with Crippen molar-refractivity contribution >= 4 is 0 Å². The van der Waals surface area contributed by atoms with Gasteiger partial charge in [-0.05, 0) is 17.9 Å². The minimum Gasteiger partial charge on any atom is -0.222 e. The van der Waals surface area contributed by atoms with Gasteiger partial charge in [0.2, 0.25) is 0 Å². The van der Waals surface area contributed by atoms with Crippen molar-refractivity contribution in [2.24, 2.45) is 5.92 Å². The Kier molecular flexibility index (Phi) is 4.08. The lowest BCUT2D eigenvalue weighted by Crippen LogP contribution is -2.01. The van der Waals surface area contributed by atoms with Crippen LogP contribution in [-0.2, 0) is 0 Å². The maximum Gasteiger partial charge on any atom is 0.0387 e. The molecule has 0 spiro atoms. The molecule has 0 heterocycles. The lowest BCUT2D eigenvalue weighted by Gasteiger charge is -2.09. The molecule has 0 aliphatic heterocycles. The van der Waals surface area contributed by atoms with Crippen LogP contribution in [0.25, 0.3) is 0 Å². The van der Waals surface area contributed by atoms with Crippen LogP contribution in [0.5, 0.6) is 0 Å². The van der Waals surface area contributed by atoms with Crippen LogP contribution in [0.4, 0.5) is 4.48 Å². The molecule has 1 nitrogen and oxygen atoms in total. The van der Waals surface area contributed by atoms with Crippen molar-refractivity contribution < 1.29 is 4.48 Å². The van der Waals surface area contributed by atoms with Crippen molar-refractivity contribution in [2.45, 2.75) is 27.2 Å². The Balaban J connectivity index is 4.04. The molecule has 0 unspecified atom stereocenters. The van der Waals surface area contributed by atoms with E-state index in [4.69, 9.17) is 0 Å². The molecule has 0 N–H and O–H groups in total. The summed E-state index contributed by atoms with van der Waals surface area (Å²) in [7, 11) is 1.40. The second-order valence-electron chi connectivity index (χ2n) is 2.74. The van der Waals surface area contributed by atoms with Crippen LogP contribution in [0.15, 0.2) is 11.8 Å². The Labute approximate surface area is 62.5 Å². The predicted molar refractivity (Wildman–Crippen MR) is 42.1 cm³/mol. The van der Waals surface area contributed by atoms with Crippen LogP contribution in [0.1, 0.15) is 27.2 Å². The maximum atomic E-state index is 12.3. The molecule has 0 aromatic carbocycles. The molecule has 0 fully saturated rings. The topological polar surface area (TPSA) is 3.24 Å². The number of hydrogen-bond donors (Lipinski definition) is 0. The van der Waals surface area contributed by atoms with Gasteiger partial charge in [-0.25, -0.2) is 5.12 Å². The van der Waals surface area contributed by atoms with E-state index in [1.807, 2.05) is 6.92 Å². The third-order valence-electron chi connectivity index (χ3n) is 1.49. The summed E-state index contributed by atoms with van der Waals surface area (Å²) >= 11 is 0. The summed E-state index contributed by atoms with van der Waals surface area (Å²) in [6.07, 6.45) is 2.47. The molecule has 0 aliphatic carbocycles. The van der Waals surface area contributed by atoms with Gasteiger partial charge in [0.1, 0.15) is 0 Å². The molecule has 0 saturated heterocycles. The zero-order chi connectivity index (χ0) is 8.15. The van der Waals surface area contributed by atoms with E-state index in [9.17, 15) is 4.48 Å². The predicted octanol–water partition coefficient (Wildman–Crippen LogP) is 2.75. The average molecular weight is 145 g/mol. The summed E-state index contributed by atoms with van der Waals surface area (Å²) in [5, 5.41) is 0.610. The SMILES string of the molecule is CC/C(=C\N(C)F)C(C)C. The van der Waals surface area contributed by atoms with Crippen molar-refractivity contribution in [3.8, 4) is 0 Å². The Hall–Kier alpha value is -0.530. The monoisotopic (exact) mass is 145 g/mol. The molecule has 0 amide bonds. The van der Waals surface area contributed by atoms with Crippen LogP contribution < -0.4 is 0 Å². The second kappa shape index (κ2) is 4.31. The average Bonchev–Trinajstić information content (AvgIpc) is 1.81. The van der Waals surface area contributed by atoms with Gasteiger partial charge in [0, 0.05) is 13.2 Å². The van der Waals surface area contributed by atoms with Gasteiger partial charge in [-0.2, -0.15) is 0 Å². The lowest BCUT2D eigenvalue weighted by atomic mass is 10.0. The van der Waals surface area contributed by atoms with Gasteiger partial charge < -0.3 is 0 Å². The summed E-state index contributed by atoms with van der Waals surface area (Å²) < 4.78 is 12.3. The Bertz CT molecular complexity index is 116. The molecular formula is C8H16FN. The van der Waals surface area contributed by atoms with Crippen molar-refractivity contribution in [3.05, 3.63) is 11.8 Å². The van der Waals surface area contributed by atoms with Crippen molar-refractivity contribution in [1.82, 2.24) is 5.12 Å². The van der Waals surface area contributed by atoms with Crippen LogP contribution in [-0.4, -0.2) is 12.2 Å². The van der Waals surface area contributed by atoms with E-state index in [1.165, 1.54) is 7.05 Å². The van der Waals surface area contributed by atoms with Crippen LogP contribution in [0, 0.1) is 5.92 Å². The van der Waals surface area contributed by atoms with E-state index in [0.717, 1.165) is 12.0 Å². The van der Waals surface area contributed by atoms with Crippen molar-refractivity contribution in [2.75, 3.05) is 7.05 Å². The minimum absolute atomic E-state index is 0.447. The first-order valence-electron chi connectivity index (χ1n) is 3.67. The maximum absolute atomic E-state index is 12.3. The Morgan fingerprint density at radius 1 is 1.60 bits per heavy atom. The largest absolute Gasteiger partial charge is 0.222 e. The van der Waals surface area contributed by atoms with E-state index < -0.39 is 0 Å². The Morgan fingerprint density at radius 2 is 2.10 bits per heavy atom. The molecule has 60 valence electrons. The lowest BCUT2D eigenvalue weighted by molar-refractivity contribution is 0.126. The van der Waals surface area contributed by atoms with Crippen molar-refractivity contribution in [1.29, 1.82) is 0 Å². The molecule has 0 aromatic rings. The first-order valence-corrected chi connectivity index (χ1v) is 3.67. The summed E-state index contributed by atoms with van der Waals surface area (Å²) in [5.74, 6) is 0.447. The van der Waals surface area contributed by atoms with Gasteiger partial charge in [0.25, 0.3) is 0 Å². The highest BCUT2D eigenvalue weighted by molar-refractivity contribution is 5.01. The highest BCUT2D eigenvalue weighted by Gasteiger charge is 2.00. The van der Waals surface area contributed by atoms with Crippen LogP contribution >= 0.6 is 0 Å². The van der Waals surface area contributed by atoms with E-state index in [0.29, 0.717) is 11.0 Å². The fraction of sp³-hybridized carbons (Fsp3) is 0.750. The third kappa shape index (κ3) is 3.49. The number of hydrogen-bond acceptors (Lipinski definition) is 1. The summed E-state index contributed by atoms with van der Waals surface area (Å²) in [4.78, 5) is 0. The zero-order valence-corrected chi connectivity index (χ0v) is 7.19. The zero-order valence-electron chi connectivity index (χ0n) is 7.19. The molecule has 0 aliphatic rings. The van der Waals surface area contributed by atoms with Gasteiger partial charge in [-0.15, -0.1) is 4.48 Å². The third-order valence-corrected chi connectivity index (χ3v) is 1.49. The highest BCUT2D eigenvalue weighted by Crippen LogP contribution is 2.13. The van der Waals surface area contributed by atoms with Gasteiger partial charge >= 0.3 is 0 Å². The normalized spacial score (nSPS) is 12.4. The molecular weight excluding hydrogens is 129 g/mol. The minimum atomic E-state index is 0.447. The Morgan fingerprint density at radius 3 is 2.20 bits per heavy atom. The van der Waals surface area contributed by atoms with Gasteiger partial charge in [-0.3, -0.25) is 0 Å². The van der Waals surface area contributed by atoms with Crippen LogP contribution in [0.2, 0.25) is 0 Å². The van der Waals surface area contributed by atoms with Crippen molar-refractivity contribution in [3.63, 3.8) is 0 Å². The molecule has 0 saturated carbocycles. The molecule has 10 heavy (non-hydrogen) atoms. The van der Waals surface area contributed by atoms with E-state index in [2.05, 4.69) is 13.8 Å². The fourth-order valence-electron chi connectivity index (χ4n) is 0.877. The fourth-order valence-corrected chi connectivity index (χ4v) is 0.877. The van der Waals surface area contributed by atoms with E-state index in [1.54, 1.807) is 6.20 Å². The van der Waals surface area contributed by atoms with Crippen LogP contribution in [0.3, 0.4) is 0 Å². The molecule has 2 heteroatoms. The number of allylic oxidation sites excluding steroid dienone is 1. The second-order valence-corrected chi connectivity index (χ2v) is 2.74. The smallest absolute Gasteiger partial charge is 0.0387 e. The standard InChI is InChI=1S/C8H16FN/c1-5-8(7(2)3)6-10(4)9/h6-7H,5H2,1-4H3/b8-6+. The van der Waals surface area contributed by atoms with Gasteiger partial charge in [0.05, 0.1) is 0 Å². The quantitative estimate of drug-likeness (QED) is 0.552. The molecule has 0 aromatic heterocycles. The molecule has 0 bridgehead atoms. The molecule has 0 atom stereocenters. The van der Waals surface area contributed by atoms with E-state index in [-0.39, 0.29) is 0 Å². The summed E-state index contributed by atoms with van der Waals surface area (Å²) in [5.41, 5.74) is 1.14. The first-order chi connectivity index (χ1) is 4.57. The molecule has 0 radical (unpaired) electrons. The summed E-state index contributed by atoms with van der Waals surface area (Å²) in [6.45, 7) is 6.17.